The van der Waals surface area contributed by atoms with Crippen molar-refractivity contribution < 1.29 is 5.11 Å². The van der Waals surface area contributed by atoms with Crippen LogP contribution in [0.4, 0.5) is 11.8 Å². The maximum atomic E-state index is 9.26. The van der Waals surface area contributed by atoms with Crippen molar-refractivity contribution in [2.75, 3.05) is 43.8 Å². The minimum atomic E-state index is 0.279. The highest BCUT2D eigenvalue weighted by atomic mass is 16.3. The first-order chi connectivity index (χ1) is 10.7. The van der Waals surface area contributed by atoms with Gasteiger partial charge in [-0.1, -0.05) is 0 Å². The monoisotopic (exact) mass is 305 g/mol. The van der Waals surface area contributed by atoms with Gasteiger partial charge in [0.15, 0.2) is 5.65 Å². The zero-order valence-electron chi connectivity index (χ0n) is 12.9. The molecule has 0 radical (unpaired) electrons. The minimum absolute atomic E-state index is 0.279. The molecule has 0 amide bonds. The number of hydrogen-bond acceptors (Lipinski definition) is 7. The standard InChI is InChI=1S/C14H23N7O/c1-20-13-11(7-17-20)12(15)18-14(19-13)16-4-6-21-5-2-3-10(8-21)9-22/h7,10,22H,2-6,8-9H2,1H3,(H3,15,16,18,19). The van der Waals surface area contributed by atoms with Crippen LogP contribution >= 0.6 is 0 Å². The van der Waals surface area contributed by atoms with Gasteiger partial charge in [0.25, 0.3) is 0 Å². The number of anilines is 2. The lowest BCUT2D eigenvalue weighted by Crippen LogP contribution is -2.39. The fraction of sp³-hybridized carbons (Fsp3) is 0.643. The number of aliphatic hydroxyl groups excluding tert-OH is 1. The Balaban J connectivity index is 1.58. The van der Waals surface area contributed by atoms with Crippen molar-refractivity contribution in [1.82, 2.24) is 24.6 Å². The van der Waals surface area contributed by atoms with E-state index in [1.165, 1.54) is 0 Å². The molecule has 0 spiro atoms. The second kappa shape index (κ2) is 6.45. The number of likely N-dealkylation sites (tertiary alicyclic amines) is 1. The van der Waals surface area contributed by atoms with Gasteiger partial charge in [-0.05, 0) is 25.3 Å². The van der Waals surface area contributed by atoms with Gasteiger partial charge >= 0.3 is 0 Å². The van der Waals surface area contributed by atoms with Crippen LogP contribution in [-0.4, -0.2) is 62.5 Å². The average molecular weight is 305 g/mol. The summed E-state index contributed by atoms with van der Waals surface area (Å²) in [6, 6.07) is 0. The summed E-state index contributed by atoms with van der Waals surface area (Å²) in [7, 11) is 1.83. The van der Waals surface area contributed by atoms with Gasteiger partial charge in [0.1, 0.15) is 5.82 Å². The van der Waals surface area contributed by atoms with E-state index in [0.29, 0.717) is 17.7 Å². The van der Waals surface area contributed by atoms with Gasteiger partial charge in [-0.2, -0.15) is 15.1 Å². The highest BCUT2D eigenvalue weighted by Crippen LogP contribution is 2.18. The Morgan fingerprint density at radius 1 is 1.45 bits per heavy atom. The number of aliphatic hydroxyl groups is 1. The second-order valence-corrected chi connectivity index (χ2v) is 5.86. The van der Waals surface area contributed by atoms with Crippen LogP contribution in [0.25, 0.3) is 11.0 Å². The van der Waals surface area contributed by atoms with E-state index in [1.807, 2.05) is 7.05 Å². The molecular formula is C14H23N7O. The molecule has 0 aromatic carbocycles. The Hall–Kier alpha value is -1.93. The highest BCUT2D eigenvalue weighted by molar-refractivity contribution is 5.86. The molecule has 3 rings (SSSR count). The van der Waals surface area contributed by atoms with Crippen molar-refractivity contribution in [2.24, 2.45) is 13.0 Å². The van der Waals surface area contributed by atoms with Gasteiger partial charge < -0.3 is 21.1 Å². The second-order valence-electron chi connectivity index (χ2n) is 5.86. The van der Waals surface area contributed by atoms with Crippen molar-refractivity contribution >= 4 is 22.8 Å². The molecule has 1 fully saturated rings. The van der Waals surface area contributed by atoms with Crippen molar-refractivity contribution in [3.8, 4) is 0 Å². The van der Waals surface area contributed by atoms with Crippen molar-refractivity contribution in [3.05, 3.63) is 6.20 Å². The number of nitrogens with zero attached hydrogens (tertiary/aromatic N) is 5. The zero-order valence-corrected chi connectivity index (χ0v) is 12.9. The molecule has 1 saturated heterocycles. The van der Waals surface area contributed by atoms with Gasteiger partial charge in [0, 0.05) is 33.3 Å². The molecule has 0 bridgehead atoms. The number of nitrogens with one attached hydrogen (secondary N) is 1. The molecule has 0 saturated carbocycles. The summed E-state index contributed by atoms with van der Waals surface area (Å²) in [4.78, 5) is 11.1. The molecule has 1 aliphatic heterocycles. The van der Waals surface area contributed by atoms with Gasteiger partial charge in [0.05, 0.1) is 11.6 Å². The van der Waals surface area contributed by atoms with Crippen LogP contribution in [0.15, 0.2) is 6.20 Å². The van der Waals surface area contributed by atoms with E-state index < -0.39 is 0 Å². The Kier molecular flexibility index (Phi) is 4.39. The van der Waals surface area contributed by atoms with Gasteiger partial charge in [-0.15, -0.1) is 0 Å². The summed E-state index contributed by atoms with van der Waals surface area (Å²) in [5.74, 6) is 1.38. The maximum Gasteiger partial charge on any atom is 0.226 e. The minimum Gasteiger partial charge on any atom is -0.396 e. The summed E-state index contributed by atoms with van der Waals surface area (Å²) in [6.45, 7) is 3.98. The Labute approximate surface area is 129 Å². The lowest BCUT2D eigenvalue weighted by atomic mass is 9.99. The summed E-state index contributed by atoms with van der Waals surface area (Å²) in [6.07, 6.45) is 3.95. The molecule has 8 heteroatoms. The van der Waals surface area contributed by atoms with E-state index in [2.05, 4.69) is 25.3 Å². The molecule has 1 unspecified atom stereocenters. The molecule has 0 aliphatic carbocycles. The molecule has 1 aliphatic rings. The molecule has 2 aromatic heterocycles. The fourth-order valence-corrected chi connectivity index (χ4v) is 2.95. The first-order valence-electron chi connectivity index (χ1n) is 7.69. The third kappa shape index (κ3) is 3.12. The highest BCUT2D eigenvalue weighted by Gasteiger charge is 2.18. The Morgan fingerprint density at radius 3 is 3.14 bits per heavy atom. The molecule has 22 heavy (non-hydrogen) atoms. The fourth-order valence-electron chi connectivity index (χ4n) is 2.95. The summed E-state index contributed by atoms with van der Waals surface area (Å²) in [5.41, 5.74) is 6.67. The van der Waals surface area contributed by atoms with Gasteiger partial charge in [-0.3, -0.25) is 4.68 Å². The van der Waals surface area contributed by atoms with Gasteiger partial charge in [-0.25, -0.2) is 0 Å². The quantitative estimate of drug-likeness (QED) is 0.717. The van der Waals surface area contributed by atoms with Crippen LogP contribution in [0, 0.1) is 5.92 Å². The Bertz CT molecular complexity index is 641. The molecule has 3 heterocycles. The van der Waals surface area contributed by atoms with E-state index in [4.69, 9.17) is 5.73 Å². The summed E-state index contributed by atoms with van der Waals surface area (Å²) >= 11 is 0. The van der Waals surface area contributed by atoms with Gasteiger partial charge in [0.2, 0.25) is 5.95 Å². The predicted molar refractivity (Wildman–Crippen MR) is 85.5 cm³/mol. The normalized spacial score (nSPS) is 19.6. The van der Waals surface area contributed by atoms with E-state index in [0.717, 1.165) is 50.1 Å². The topological polar surface area (TPSA) is 105 Å². The molecule has 120 valence electrons. The number of hydrogen-bond donors (Lipinski definition) is 3. The largest absolute Gasteiger partial charge is 0.396 e. The van der Waals surface area contributed by atoms with Crippen LogP contribution < -0.4 is 11.1 Å². The lowest BCUT2D eigenvalue weighted by Gasteiger charge is -2.31. The number of aryl methyl sites for hydroxylation is 1. The molecule has 4 N–H and O–H groups in total. The number of rotatable bonds is 5. The maximum absolute atomic E-state index is 9.26. The summed E-state index contributed by atoms with van der Waals surface area (Å²) < 4.78 is 1.69. The number of nitrogens with two attached hydrogens (primary N) is 1. The first-order valence-corrected chi connectivity index (χ1v) is 7.69. The zero-order chi connectivity index (χ0) is 15.5. The number of fused-ring (bicyclic) bond motifs is 1. The molecular weight excluding hydrogens is 282 g/mol. The molecule has 8 nitrogen and oxygen atoms in total. The van der Waals surface area contributed by atoms with Crippen LogP contribution in [0.1, 0.15) is 12.8 Å². The van der Waals surface area contributed by atoms with E-state index in [9.17, 15) is 5.11 Å². The van der Waals surface area contributed by atoms with Crippen LogP contribution in [-0.2, 0) is 7.05 Å². The van der Waals surface area contributed by atoms with E-state index >= 15 is 0 Å². The SMILES string of the molecule is Cn1ncc2c(N)nc(NCCN3CCCC(CO)C3)nc21. The van der Waals surface area contributed by atoms with E-state index in [-0.39, 0.29) is 6.61 Å². The molecule has 2 aromatic rings. The average Bonchev–Trinajstić information content (AvgIpc) is 2.90. The smallest absolute Gasteiger partial charge is 0.226 e. The number of aromatic nitrogens is 4. The van der Waals surface area contributed by atoms with Crippen molar-refractivity contribution in [2.45, 2.75) is 12.8 Å². The summed E-state index contributed by atoms with van der Waals surface area (Å²) in [5, 5.41) is 17.4. The van der Waals surface area contributed by atoms with Crippen LogP contribution in [0.5, 0.6) is 0 Å². The molecule has 1 atom stereocenters. The predicted octanol–water partition coefficient (Wildman–Crippen LogP) is 0.0617. The van der Waals surface area contributed by atoms with E-state index in [1.54, 1.807) is 10.9 Å². The van der Waals surface area contributed by atoms with Crippen molar-refractivity contribution in [3.63, 3.8) is 0 Å². The van der Waals surface area contributed by atoms with Crippen LogP contribution in [0.2, 0.25) is 0 Å². The Morgan fingerprint density at radius 2 is 2.32 bits per heavy atom. The third-order valence-corrected chi connectivity index (χ3v) is 4.19. The van der Waals surface area contributed by atoms with Crippen molar-refractivity contribution in [1.29, 1.82) is 0 Å². The number of piperidine rings is 1. The number of nitrogen functional groups attached to an aromatic ring is 1. The third-order valence-electron chi connectivity index (χ3n) is 4.19. The lowest BCUT2D eigenvalue weighted by molar-refractivity contribution is 0.123. The van der Waals surface area contributed by atoms with Crippen LogP contribution in [0.3, 0.4) is 0 Å². The first kappa shape index (κ1) is 15.0.